The number of fused-ring (bicyclic) bond motifs is 2. The van der Waals surface area contributed by atoms with Crippen molar-refractivity contribution in [2.24, 2.45) is 10.9 Å². The molecule has 3 N–H and O–H groups in total. The van der Waals surface area contributed by atoms with Crippen molar-refractivity contribution in [2.45, 2.75) is 56.7 Å². The van der Waals surface area contributed by atoms with E-state index in [0.29, 0.717) is 46.4 Å². The van der Waals surface area contributed by atoms with Gasteiger partial charge in [-0.2, -0.15) is 0 Å². The predicted octanol–water partition coefficient (Wildman–Crippen LogP) is 3.14. The van der Waals surface area contributed by atoms with Gasteiger partial charge in [0.2, 0.25) is 0 Å². The Morgan fingerprint density at radius 1 is 1.15 bits per heavy atom. The van der Waals surface area contributed by atoms with Crippen LogP contribution in [0.5, 0.6) is 5.75 Å². The summed E-state index contributed by atoms with van der Waals surface area (Å²) in [7, 11) is 0. The molecule has 172 valence electrons. The zero-order valence-corrected chi connectivity index (χ0v) is 18.4. The Kier molecular flexibility index (Phi) is 5.05. The maximum atomic E-state index is 14.1. The first-order valence-electron chi connectivity index (χ1n) is 11.9. The van der Waals surface area contributed by atoms with Crippen molar-refractivity contribution in [2.75, 3.05) is 13.1 Å². The first-order valence-corrected chi connectivity index (χ1v) is 11.9. The van der Waals surface area contributed by atoms with Crippen molar-refractivity contribution in [3.63, 3.8) is 0 Å². The lowest BCUT2D eigenvalue weighted by Gasteiger charge is -2.30. The van der Waals surface area contributed by atoms with Crippen LogP contribution in [0.2, 0.25) is 0 Å². The lowest BCUT2D eigenvalue weighted by Crippen LogP contribution is -2.42. The normalized spacial score (nSPS) is 30.9. The van der Waals surface area contributed by atoms with Crippen LogP contribution in [-0.4, -0.2) is 54.0 Å². The number of likely N-dealkylation sites (tertiary alicyclic amines) is 1. The highest BCUT2D eigenvalue weighted by Gasteiger charge is 2.36. The Morgan fingerprint density at radius 2 is 1.94 bits per heavy atom. The van der Waals surface area contributed by atoms with E-state index in [1.54, 1.807) is 4.90 Å². The van der Waals surface area contributed by atoms with Gasteiger partial charge >= 0.3 is 0 Å². The van der Waals surface area contributed by atoms with Crippen LogP contribution in [0.25, 0.3) is 0 Å². The Bertz CT molecular complexity index is 1090. The summed E-state index contributed by atoms with van der Waals surface area (Å²) in [5.41, 5.74) is 2.62. The van der Waals surface area contributed by atoms with Crippen LogP contribution in [0.4, 0.5) is 4.39 Å². The average molecular weight is 450 g/mol. The molecule has 8 heteroatoms. The van der Waals surface area contributed by atoms with Crippen LogP contribution in [0, 0.1) is 17.1 Å². The van der Waals surface area contributed by atoms with E-state index < -0.39 is 5.82 Å². The van der Waals surface area contributed by atoms with Crippen LogP contribution in [0.1, 0.15) is 48.9 Å². The Morgan fingerprint density at radius 3 is 2.64 bits per heavy atom. The van der Waals surface area contributed by atoms with E-state index in [-0.39, 0.29) is 25.1 Å². The van der Waals surface area contributed by atoms with Gasteiger partial charge in [-0.25, -0.2) is 9.38 Å². The number of hydrogen-bond donors (Lipinski definition) is 3. The number of aliphatic imine (C=N–C) groups is 1. The highest BCUT2D eigenvalue weighted by atomic mass is 19.1. The predicted molar refractivity (Wildman–Crippen MR) is 123 cm³/mol. The summed E-state index contributed by atoms with van der Waals surface area (Å²) in [5, 5.41) is 15.2. The molecular weight excluding hydrogens is 421 g/mol. The molecule has 1 aromatic rings. The van der Waals surface area contributed by atoms with Crippen molar-refractivity contribution in [3.05, 3.63) is 52.7 Å². The fourth-order valence-electron chi connectivity index (χ4n) is 5.38. The molecule has 1 saturated carbocycles. The highest BCUT2D eigenvalue weighted by molar-refractivity contribution is 6.08. The van der Waals surface area contributed by atoms with Crippen molar-refractivity contribution >= 4 is 17.8 Å². The number of allylic oxidation sites excluding steroid dienone is 1. The second kappa shape index (κ2) is 8.09. The van der Waals surface area contributed by atoms with Gasteiger partial charge in [0.1, 0.15) is 23.5 Å². The summed E-state index contributed by atoms with van der Waals surface area (Å²) < 4.78 is 20.3. The first kappa shape index (κ1) is 20.6. The second-order valence-electron chi connectivity index (χ2n) is 9.78. The summed E-state index contributed by atoms with van der Waals surface area (Å²) in [6.07, 6.45) is 10.2. The molecule has 4 fully saturated rings. The molecule has 1 amide bonds. The van der Waals surface area contributed by atoms with E-state index in [9.17, 15) is 9.18 Å². The molecular formula is C25H28FN5O2. The van der Waals surface area contributed by atoms with Gasteiger partial charge in [-0.3, -0.25) is 4.79 Å². The molecule has 0 unspecified atom stereocenters. The molecule has 0 radical (unpaired) electrons. The largest absolute Gasteiger partial charge is 0.489 e. The molecule has 5 aliphatic rings. The van der Waals surface area contributed by atoms with Gasteiger partial charge in [0.25, 0.3) is 5.91 Å². The molecule has 3 saturated heterocycles. The number of carbonyl (C=O) groups is 1. The third kappa shape index (κ3) is 4.08. The lowest BCUT2D eigenvalue weighted by molar-refractivity contribution is 0.0790. The maximum absolute atomic E-state index is 14.1. The Balaban J connectivity index is 1.19. The Hall–Kier alpha value is -3.00. The fraction of sp³-hybridized carbons (Fsp3) is 0.480. The summed E-state index contributed by atoms with van der Waals surface area (Å²) in [4.78, 5) is 19.5. The summed E-state index contributed by atoms with van der Waals surface area (Å²) in [6.45, 7) is 0.487. The van der Waals surface area contributed by atoms with E-state index in [0.717, 1.165) is 25.7 Å². The van der Waals surface area contributed by atoms with E-state index >= 15 is 0 Å². The molecule has 0 spiro atoms. The van der Waals surface area contributed by atoms with Gasteiger partial charge < -0.3 is 25.7 Å². The monoisotopic (exact) mass is 449 g/mol. The number of nitrogens with one attached hydrogen (secondary N) is 3. The van der Waals surface area contributed by atoms with Crippen molar-refractivity contribution in [3.8, 4) is 5.75 Å². The zero-order chi connectivity index (χ0) is 22.5. The number of rotatable bonds is 4. The second-order valence-corrected chi connectivity index (χ2v) is 9.78. The average Bonchev–Trinajstić information content (AvgIpc) is 3.51. The van der Waals surface area contributed by atoms with E-state index in [1.165, 1.54) is 36.6 Å². The molecule has 3 atom stereocenters. The van der Waals surface area contributed by atoms with Gasteiger partial charge in [0, 0.05) is 36.1 Å². The van der Waals surface area contributed by atoms with Gasteiger partial charge in [-0.15, -0.1) is 0 Å². The van der Waals surface area contributed by atoms with Crippen molar-refractivity contribution in [1.82, 2.24) is 15.5 Å². The molecule has 1 aliphatic carbocycles. The number of ether oxygens (including phenoxy) is 1. The molecule has 7 nitrogen and oxygen atoms in total. The van der Waals surface area contributed by atoms with Crippen LogP contribution in [0.3, 0.4) is 0 Å². The fourth-order valence-corrected chi connectivity index (χ4v) is 5.38. The minimum Gasteiger partial charge on any atom is -0.489 e. The zero-order valence-electron chi connectivity index (χ0n) is 18.4. The molecule has 1 aromatic carbocycles. The maximum Gasteiger partial charge on any atom is 0.258 e. The first-order chi connectivity index (χ1) is 16.0. The van der Waals surface area contributed by atoms with Crippen LogP contribution >= 0.6 is 0 Å². The highest BCUT2D eigenvalue weighted by Crippen LogP contribution is 2.36. The van der Waals surface area contributed by atoms with Gasteiger partial charge in [0.15, 0.2) is 0 Å². The standard InChI is InChI=1S/C25H28FN5O2/c26-16-3-6-20(23(7-16)33-19-8-17-4-5-18(9-19)30-17)25(32)31-12-21(22(27)13-31)24-28-10-15(11-29-24)14-1-2-14/h3,6-7,10-11,14,17-19,27-28,30H,1-2,4-5,8-9,12-13H2/b24-21+,27-22?/t17-,18+,19+. The minimum atomic E-state index is -0.422. The van der Waals surface area contributed by atoms with Gasteiger partial charge in [-0.1, -0.05) is 0 Å². The molecule has 2 bridgehead atoms. The van der Waals surface area contributed by atoms with Gasteiger partial charge in [-0.05, 0) is 62.1 Å². The lowest BCUT2D eigenvalue weighted by atomic mass is 10.0. The topological polar surface area (TPSA) is 89.8 Å². The molecule has 4 heterocycles. The van der Waals surface area contributed by atoms with Crippen molar-refractivity contribution in [1.29, 1.82) is 5.41 Å². The summed E-state index contributed by atoms with van der Waals surface area (Å²) >= 11 is 0. The number of halogens is 1. The number of hydrogen-bond acceptors (Lipinski definition) is 6. The van der Waals surface area contributed by atoms with Crippen molar-refractivity contribution < 1.29 is 13.9 Å². The number of nitrogens with zero attached hydrogens (tertiary/aromatic N) is 2. The number of carbonyl (C=O) groups excluding carboxylic acids is 1. The van der Waals surface area contributed by atoms with Crippen LogP contribution in [0.15, 0.2) is 46.4 Å². The van der Waals surface area contributed by atoms with E-state index in [1.807, 2.05) is 12.4 Å². The number of amides is 1. The summed E-state index contributed by atoms with van der Waals surface area (Å²) in [6, 6.07) is 4.98. The number of benzene rings is 1. The van der Waals surface area contributed by atoms with Crippen LogP contribution < -0.4 is 15.4 Å². The minimum absolute atomic E-state index is 0.0279. The molecule has 4 aliphatic heterocycles. The molecule has 33 heavy (non-hydrogen) atoms. The Labute approximate surface area is 192 Å². The molecule has 0 aromatic heterocycles. The molecule has 6 rings (SSSR count). The van der Waals surface area contributed by atoms with E-state index in [4.69, 9.17) is 10.1 Å². The number of piperidine rings is 1. The smallest absolute Gasteiger partial charge is 0.258 e. The quantitative estimate of drug-likeness (QED) is 0.659. The third-order valence-corrected chi connectivity index (χ3v) is 7.30. The summed E-state index contributed by atoms with van der Waals surface area (Å²) in [5.74, 6) is 0.844. The third-order valence-electron chi connectivity index (χ3n) is 7.30. The van der Waals surface area contributed by atoms with Gasteiger partial charge in [0.05, 0.1) is 24.4 Å². The van der Waals surface area contributed by atoms with Crippen LogP contribution in [-0.2, 0) is 0 Å². The van der Waals surface area contributed by atoms with E-state index in [2.05, 4.69) is 15.6 Å². The SMILES string of the molecule is N=C1CN(C(=O)c2ccc(F)cc2O[C@H]2C[C@H]3CC[C@@H](C2)N3)C/C1=C1\N=CC(C2CC2)=CN1.